The van der Waals surface area contributed by atoms with Crippen LogP contribution in [0.5, 0.6) is 5.75 Å². The first-order valence-electron chi connectivity index (χ1n) is 9.35. The number of rotatable bonds is 7. The molecular weight excluding hydrogens is 302 g/mol. The van der Waals surface area contributed by atoms with Crippen LogP contribution in [0.2, 0.25) is 0 Å². The van der Waals surface area contributed by atoms with Gasteiger partial charge in [-0.15, -0.1) is 0 Å². The number of benzene rings is 1. The van der Waals surface area contributed by atoms with Crippen LogP contribution in [0.1, 0.15) is 51.4 Å². The van der Waals surface area contributed by atoms with Crippen molar-refractivity contribution >= 4 is 11.4 Å². The van der Waals surface area contributed by atoms with E-state index in [1.54, 1.807) is 12.1 Å². The second-order valence-corrected chi connectivity index (χ2v) is 7.30. The Hall–Kier alpha value is -1.46. The van der Waals surface area contributed by atoms with Crippen molar-refractivity contribution in [2.24, 2.45) is 0 Å². The fourth-order valence-corrected chi connectivity index (χ4v) is 4.24. The van der Waals surface area contributed by atoms with E-state index in [2.05, 4.69) is 4.90 Å². The average Bonchev–Trinajstić information content (AvgIpc) is 3.27. The third-order valence-corrected chi connectivity index (χ3v) is 5.54. The van der Waals surface area contributed by atoms with Crippen molar-refractivity contribution in [2.75, 3.05) is 24.6 Å². The van der Waals surface area contributed by atoms with Crippen LogP contribution >= 0.6 is 0 Å². The lowest BCUT2D eigenvalue weighted by atomic mass is 10.1. The Balaban J connectivity index is 1.56. The number of hydrogen-bond donors (Lipinski definition) is 3. The lowest BCUT2D eigenvalue weighted by molar-refractivity contribution is 0.0330. The number of anilines is 2. The molecule has 2 fully saturated rings. The molecule has 1 aromatic rings. The summed E-state index contributed by atoms with van der Waals surface area (Å²) in [7, 11) is 0. The molecule has 0 radical (unpaired) electrons. The minimum atomic E-state index is -0.507. The van der Waals surface area contributed by atoms with Gasteiger partial charge >= 0.3 is 0 Å². The molecule has 5 heteroatoms. The molecule has 0 bridgehead atoms. The smallest absolute Gasteiger partial charge is 0.144 e. The van der Waals surface area contributed by atoms with Crippen molar-refractivity contribution in [3.8, 4) is 5.75 Å². The predicted molar refractivity (Wildman–Crippen MR) is 98.0 cm³/mol. The molecule has 0 aliphatic heterocycles. The molecule has 0 heterocycles. The molecule has 1 unspecified atom stereocenters. The molecule has 24 heavy (non-hydrogen) atoms. The first kappa shape index (κ1) is 17.4. The summed E-state index contributed by atoms with van der Waals surface area (Å²) in [5.41, 5.74) is 12.7. The van der Waals surface area contributed by atoms with Gasteiger partial charge in [0, 0.05) is 18.6 Å². The Morgan fingerprint density at radius 2 is 1.62 bits per heavy atom. The SMILES string of the molecule is Nc1cccc(OCC(O)CN(C2CCCC2)C2CCCC2)c1N. The highest BCUT2D eigenvalue weighted by molar-refractivity contribution is 5.70. The van der Waals surface area contributed by atoms with Crippen LogP contribution in [-0.4, -0.2) is 41.3 Å². The molecule has 0 aromatic heterocycles. The van der Waals surface area contributed by atoms with Gasteiger partial charge in [0.25, 0.3) is 0 Å². The van der Waals surface area contributed by atoms with Crippen molar-refractivity contribution in [1.29, 1.82) is 0 Å². The van der Waals surface area contributed by atoms with Crippen LogP contribution in [0.25, 0.3) is 0 Å². The summed E-state index contributed by atoms with van der Waals surface area (Å²) in [4.78, 5) is 2.57. The highest BCUT2D eigenvalue weighted by Gasteiger charge is 2.31. The number of nitrogens with zero attached hydrogens (tertiary/aromatic N) is 1. The van der Waals surface area contributed by atoms with E-state index in [1.165, 1.54) is 51.4 Å². The van der Waals surface area contributed by atoms with E-state index in [1.807, 2.05) is 6.07 Å². The van der Waals surface area contributed by atoms with Gasteiger partial charge in [-0.25, -0.2) is 0 Å². The van der Waals surface area contributed by atoms with Crippen LogP contribution in [0.4, 0.5) is 11.4 Å². The van der Waals surface area contributed by atoms with Crippen LogP contribution in [0.15, 0.2) is 18.2 Å². The van der Waals surface area contributed by atoms with Crippen LogP contribution < -0.4 is 16.2 Å². The minimum Gasteiger partial charge on any atom is -0.489 e. The number of nitrogen functional groups attached to an aromatic ring is 2. The van der Waals surface area contributed by atoms with Gasteiger partial charge in [-0.05, 0) is 37.8 Å². The molecule has 2 saturated carbocycles. The summed E-state index contributed by atoms with van der Waals surface area (Å²) >= 11 is 0. The molecule has 5 nitrogen and oxygen atoms in total. The molecular formula is C19H31N3O2. The van der Waals surface area contributed by atoms with Crippen molar-refractivity contribution < 1.29 is 9.84 Å². The van der Waals surface area contributed by atoms with E-state index < -0.39 is 6.10 Å². The maximum Gasteiger partial charge on any atom is 0.144 e. The molecule has 0 saturated heterocycles. The van der Waals surface area contributed by atoms with E-state index in [9.17, 15) is 5.11 Å². The van der Waals surface area contributed by atoms with Gasteiger partial charge in [-0.3, -0.25) is 4.90 Å². The van der Waals surface area contributed by atoms with E-state index in [-0.39, 0.29) is 6.61 Å². The molecule has 1 atom stereocenters. The van der Waals surface area contributed by atoms with E-state index in [0.717, 1.165) is 0 Å². The molecule has 3 rings (SSSR count). The summed E-state index contributed by atoms with van der Waals surface area (Å²) in [5, 5.41) is 10.5. The Labute approximate surface area is 145 Å². The first-order valence-corrected chi connectivity index (χ1v) is 9.35. The summed E-state index contributed by atoms with van der Waals surface area (Å²) in [6.07, 6.45) is 9.85. The zero-order valence-corrected chi connectivity index (χ0v) is 14.5. The monoisotopic (exact) mass is 333 g/mol. The Morgan fingerprint density at radius 3 is 2.21 bits per heavy atom. The molecule has 134 valence electrons. The minimum absolute atomic E-state index is 0.254. The Kier molecular flexibility index (Phi) is 5.85. The van der Waals surface area contributed by atoms with Crippen molar-refractivity contribution in [3.63, 3.8) is 0 Å². The van der Waals surface area contributed by atoms with Gasteiger partial charge in [0.2, 0.25) is 0 Å². The highest BCUT2D eigenvalue weighted by atomic mass is 16.5. The maximum atomic E-state index is 10.5. The molecule has 0 amide bonds. The van der Waals surface area contributed by atoms with Crippen LogP contribution in [0, 0.1) is 0 Å². The lowest BCUT2D eigenvalue weighted by Crippen LogP contribution is -2.46. The van der Waals surface area contributed by atoms with Gasteiger partial charge in [0.15, 0.2) is 0 Å². The maximum absolute atomic E-state index is 10.5. The number of hydrogen-bond acceptors (Lipinski definition) is 5. The van der Waals surface area contributed by atoms with Crippen molar-refractivity contribution in [3.05, 3.63) is 18.2 Å². The van der Waals surface area contributed by atoms with E-state index in [4.69, 9.17) is 16.2 Å². The normalized spacial score (nSPS) is 20.8. The third-order valence-electron chi connectivity index (χ3n) is 5.54. The first-order chi connectivity index (χ1) is 11.6. The number of aliphatic hydroxyl groups is 1. The molecule has 2 aliphatic rings. The second kappa shape index (κ2) is 8.08. The Morgan fingerprint density at radius 1 is 1.04 bits per heavy atom. The predicted octanol–water partition coefficient (Wildman–Crippen LogP) is 2.78. The molecule has 2 aliphatic carbocycles. The molecule has 0 spiro atoms. The third kappa shape index (κ3) is 4.14. The summed E-state index contributed by atoms with van der Waals surface area (Å²) in [6, 6.07) is 6.64. The standard InChI is InChI=1S/C19H31N3O2/c20-17-10-5-11-18(19(17)21)24-13-16(23)12-22(14-6-1-2-7-14)15-8-3-4-9-15/h5,10-11,14-16,23H,1-4,6-9,12-13,20-21H2. The number of aliphatic hydroxyl groups excluding tert-OH is 1. The average molecular weight is 333 g/mol. The topological polar surface area (TPSA) is 84.7 Å². The largest absolute Gasteiger partial charge is 0.489 e. The highest BCUT2D eigenvalue weighted by Crippen LogP contribution is 2.32. The fourth-order valence-electron chi connectivity index (χ4n) is 4.24. The van der Waals surface area contributed by atoms with Gasteiger partial charge in [-0.1, -0.05) is 31.7 Å². The van der Waals surface area contributed by atoms with Gasteiger partial charge in [0.05, 0.1) is 11.4 Å². The lowest BCUT2D eigenvalue weighted by Gasteiger charge is -2.36. The van der Waals surface area contributed by atoms with Crippen molar-refractivity contribution in [1.82, 2.24) is 4.90 Å². The number of para-hydroxylation sites is 1. The Bertz CT molecular complexity index is 509. The summed E-state index contributed by atoms with van der Waals surface area (Å²) in [6.45, 7) is 0.946. The van der Waals surface area contributed by atoms with Crippen LogP contribution in [-0.2, 0) is 0 Å². The summed E-state index contributed by atoms with van der Waals surface area (Å²) < 4.78 is 5.72. The summed E-state index contributed by atoms with van der Waals surface area (Å²) in [5.74, 6) is 0.558. The van der Waals surface area contributed by atoms with Crippen molar-refractivity contribution in [2.45, 2.75) is 69.6 Å². The van der Waals surface area contributed by atoms with Gasteiger partial charge in [0.1, 0.15) is 18.5 Å². The van der Waals surface area contributed by atoms with Gasteiger partial charge < -0.3 is 21.3 Å². The number of ether oxygens (including phenoxy) is 1. The van der Waals surface area contributed by atoms with E-state index >= 15 is 0 Å². The van der Waals surface area contributed by atoms with Crippen LogP contribution in [0.3, 0.4) is 0 Å². The molecule has 5 N–H and O–H groups in total. The zero-order chi connectivity index (χ0) is 16.9. The second-order valence-electron chi connectivity index (χ2n) is 7.30. The fraction of sp³-hybridized carbons (Fsp3) is 0.684. The van der Waals surface area contributed by atoms with Gasteiger partial charge in [-0.2, -0.15) is 0 Å². The number of nitrogens with two attached hydrogens (primary N) is 2. The quantitative estimate of drug-likeness (QED) is 0.668. The van der Waals surface area contributed by atoms with E-state index in [0.29, 0.717) is 35.8 Å². The zero-order valence-electron chi connectivity index (χ0n) is 14.5. The molecule has 1 aromatic carbocycles.